The summed E-state index contributed by atoms with van der Waals surface area (Å²) >= 11 is 0. The summed E-state index contributed by atoms with van der Waals surface area (Å²) in [5.41, 5.74) is 1.25. The van der Waals surface area contributed by atoms with Gasteiger partial charge in [0.2, 0.25) is 0 Å². The molecule has 0 aliphatic carbocycles. The first kappa shape index (κ1) is 28.2. The van der Waals surface area contributed by atoms with Crippen molar-refractivity contribution in [3.63, 3.8) is 0 Å². The molecule has 0 radical (unpaired) electrons. The van der Waals surface area contributed by atoms with Crippen LogP contribution in [0.5, 0.6) is 0 Å². The second-order valence-corrected chi connectivity index (χ2v) is 8.80. The molecule has 0 heterocycles. The fourth-order valence-corrected chi connectivity index (χ4v) is 4.03. The van der Waals surface area contributed by atoms with Gasteiger partial charge in [-0.2, -0.15) is 0 Å². The lowest BCUT2D eigenvalue weighted by Gasteiger charge is -2.17. The maximum absolute atomic E-state index is 11.1. The number of carbonyl (C=O) groups excluding carboxylic acids is 1. The Balaban J connectivity index is 2.00. The van der Waals surface area contributed by atoms with Crippen LogP contribution in [0.25, 0.3) is 0 Å². The SMILES string of the molecule is CCCC(CCCCCCCCCCCC(CC(=O)O)OC(C)=O)OCc1ccccc1. The van der Waals surface area contributed by atoms with Crippen LogP contribution in [0.4, 0.5) is 0 Å². The van der Waals surface area contributed by atoms with Gasteiger partial charge in [0.1, 0.15) is 6.10 Å². The van der Waals surface area contributed by atoms with Crippen LogP contribution in [0.3, 0.4) is 0 Å². The first-order chi connectivity index (χ1) is 15.5. The first-order valence-corrected chi connectivity index (χ1v) is 12.6. The Hall–Kier alpha value is -1.88. The van der Waals surface area contributed by atoms with Crippen LogP contribution < -0.4 is 0 Å². The van der Waals surface area contributed by atoms with Crippen LogP contribution in [-0.2, 0) is 25.7 Å². The van der Waals surface area contributed by atoms with Crippen molar-refractivity contribution in [2.24, 2.45) is 0 Å². The van der Waals surface area contributed by atoms with Gasteiger partial charge in [0.25, 0.3) is 0 Å². The second-order valence-electron chi connectivity index (χ2n) is 8.80. The van der Waals surface area contributed by atoms with E-state index in [1.165, 1.54) is 51.0 Å². The average molecular weight is 449 g/mol. The lowest BCUT2D eigenvalue weighted by molar-refractivity contribution is -0.151. The lowest BCUT2D eigenvalue weighted by Crippen LogP contribution is -2.20. The zero-order chi connectivity index (χ0) is 23.4. The molecule has 5 nitrogen and oxygen atoms in total. The molecule has 0 saturated carbocycles. The molecule has 0 bridgehead atoms. The lowest BCUT2D eigenvalue weighted by atomic mass is 10.0. The van der Waals surface area contributed by atoms with Crippen molar-refractivity contribution in [1.82, 2.24) is 0 Å². The smallest absolute Gasteiger partial charge is 0.307 e. The fourth-order valence-electron chi connectivity index (χ4n) is 4.03. The van der Waals surface area contributed by atoms with Gasteiger partial charge in [-0.15, -0.1) is 0 Å². The van der Waals surface area contributed by atoms with Crippen molar-refractivity contribution in [2.45, 2.75) is 123 Å². The Kier molecular flexibility index (Phi) is 16.4. The molecule has 0 aliphatic heterocycles. The molecular formula is C27H44O5. The Morgan fingerprint density at radius 3 is 1.84 bits per heavy atom. The number of hydrogen-bond donors (Lipinski definition) is 1. The predicted molar refractivity (Wildman–Crippen MR) is 129 cm³/mol. The fraction of sp³-hybridized carbons (Fsp3) is 0.704. The number of esters is 1. The normalized spacial score (nSPS) is 12.9. The van der Waals surface area contributed by atoms with E-state index in [0.717, 1.165) is 38.5 Å². The molecule has 1 rings (SSSR count). The third-order valence-electron chi connectivity index (χ3n) is 5.73. The van der Waals surface area contributed by atoms with Crippen molar-refractivity contribution in [3.8, 4) is 0 Å². The van der Waals surface area contributed by atoms with E-state index in [-0.39, 0.29) is 6.42 Å². The predicted octanol–water partition coefficient (Wildman–Crippen LogP) is 7.07. The molecule has 0 amide bonds. The molecule has 1 N–H and O–H groups in total. The second kappa shape index (κ2) is 18.7. The average Bonchev–Trinajstić information content (AvgIpc) is 2.75. The highest BCUT2D eigenvalue weighted by atomic mass is 16.5. The molecular weight excluding hydrogens is 404 g/mol. The Bertz CT molecular complexity index is 585. The van der Waals surface area contributed by atoms with Crippen LogP contribution >= 0.6 is 0 Å². The van der Waals surface area contributed by atoms with E-state index in [2.05, 4.69) is 31.2 Å². The van der Waals surface area contributed by atoms with Gasteiger partial charge >= 0.3 is 11.9 Å². The molecule has 0 spiro atoms. The van der Waals surface area contributed by atoms with Gasteiger partial charge in [0.15, 0.2) is 0 Å². The minimum Gasteiger partial charge on any atom is -0.481 e. The van der Waals surface area contributed by atoms with Gasteiger partial charge in [-0.1, -0.05) is 95.0 Å². The zero-order valence-corrected chi connectivity index (χ0v) is 20.2. The third kappa shape index (κ3) is 15.9. The summed E-state index contributed by atoms with van der Waals surface area (Å²) in [7, 11) is 0. The molecule has 2 unspecified atom stereocenters. The third-order valence-corrected chi connectivity index (χ3v) is 5.73. The first-order valence-electron chi connectivity index (χ1n) is 12.6. The van der Waals surface area contributed by atoms with Crippen molar-refractivity contribution in [2.75, 3.05) is 0 Å². The summed E-state index contributed by atoms with van der Waals surface area (Å²) < 4.78 is 11.2. The van der Waals surface area contributed by atoms with Crippen molar-refractivity contribution in [1.29, 1.82) is 0 Å². The Morgan fingerprint density at radius 1 is 0.812 bits per heavy atom. The number of carboxylic acids is 1. The van der Waals surface area contributed by atoms with Crippen LogP contribution in [0, 0.1) is 0 Å². The summed E-state index contributed by atoms with van der Waals surface area (Å²) in [6, 6.07) is 10.4. The van der Waals surface area contributed by atoms with Crippen molar-refractivity contribution >= 4 is 11.9 Å². The maximum Gasteiger partial charge on any atom is 0.307 e. The summed E-state index contributed by atoms with van der Waals surface area (Å²) in [4.78, 5) is 21.9. The molecule has 0 saturated heterocycles. The topological polar surface area (TPSA) is 72.8 Å². The summed E-state index contributed by atoms with van der Waals surface area (Å²) in [5, 5.41) is 8.89. The highest BCUT2D eigenvalue weighted by Gasteiger charge is 2.15. The van der Waals surface area contributed by atoms with E-state index in [0.29, 0.717) is 19.1 Å². The van der Waals surface area contributed by atoms with Crippen molar-refractivity contribution < 1.29 is 24.2 Å². The van der Waals surface area contributed by atoms with Gasteiger partial charge in [-0.25, -0.2) is 0 Å². The molecule has 182 valence electrons. The molecule has 0 aliphatic rings. The monoisotopic (exact) mass is 448 g/mol. The quantitative estimate of drug-likeness (QED) is 0.171. The molecule has 0 fully saturated rings. The van der Waals surface area contributed by atoms with Gasteiger partial charge in [-0.3, -0.25) is 9.59 Å². The van der Waals surface area contributed by atoms with Crippen molar-refractivity contribution in [3.05, 3.63) is 35.9 Å². The number of unbranched alkanes of at least 4 members (excludes halogenated alkanes) is 8. The van der Waals surface area contributed by atoms with E-state index in [4.69, 9.17) is 14.6 Å². The number of aliphatic carboxylic acids is 1. The van der Waals surface area contributed by atoms with Crippen LogP contribution in [0.15, 0.2) is 30.3 Å². The van der Waals surface area contributed by atoms with Crippen LogP contribution in [0.1, 0.15) is 109 Å². The van der Waals surface area contributed by atoms with E-state index in [9.17, 15) is 9.59 Å². The van der Waals surface area contributed by atoms with E-state index in [1.807, 2.05) is 6.07 Å². The van der Waals surface area contributed by atoms with Gasteiger partial charge in [-0.05, 0) is 31.2 Å². The Morgan fingerprint density at radius 2 is 1.34 bits per heavy atom. The summed E-state index contributed by atoms with van der Waals surface area (Å²) in [6.45, 7) is 4.27. The van der Waals surface area contributed by atoms with E-state index in [1.54, 1.807) is 0 Å². The maximum atomic E-state index is 11.1. The molecule has 32 heavy (non-hydrogen) atoms. The minimum absolute atomic E-state index is 0.101. The van der Waals surface area contributed by atoms with Crippen LogP contribution in [-0.4, -0.2) is 29.3 Å². The number of rotatable bonds is 20. The van der Waals surface area contributed by atoms with Gasteiger partial charge in [0.05, 0.1) is 19.1 Å². The number of hydrogen-bond acceptors (Lipinski definition) is 4. The van der Waals surface area contributed by atoms with E-state index >= 15 is 0 Å². The molecule has 0 aromatic heterocycles. The number of carbonyl (C=O) groups is 2. The minimum atomic E-state index is -0.917. The Labute approximate surface area is 194 Å². The number of ether oxygens (including phenoxy) is 2. The standard InChI is InChI=1S/C27H44O5/c1-3-16-25(31-22-24-17-12-11-13-18-24)19-14-9-7-5-4-6-8-10-15-20-26(21-27(29)30)32-23(2)28/h11-13,17-18,25-26H,3-10,14-16,19-22H2,1-2H3,(H,29,30). The van der Waals surface area contributed by atoms with Gasteiger partial charge in [0, 0.05) is 6.92 Å². The zero-order valence-electron chi connectivity index (χ0n) is 20.2. The molecule has 5 heteroatoms. The van der Waals surface area contributed by atoms with E-state index < -0.39 is 18.0 Å². The summed E-state index contributed by atoms with van der Waals surface area (Å²) in [6.07, 6.45) is 14.5. The number of carboxylic acid groups (broad SMARTS) is 1. The highest BCUT2D eigenvalue weighted by Crippen LogP contribution is 2.17. The van der Waals surface area contributed by atoms with Gasteiger partial charge < -0.3 is 14.6 Å². The molecule has 1 aromatic rings. The highest BCUT2D eigenvalue weighted by molar-refractivity contribution is 5.69. The molecule has 2 atom stereocenters. The molecule has 1 aromatic carbocycles. The summed E-state index contributed by atoms with van der Waals surface area (Å²) in [5.74, 6) is -1.32. The number of benzene rings is 1. The largest absolute Gasteiger partial charge is 0.481 e. The van der Waals surface area contributed by atoms with Crippen LogP contribution in [0.2, 0.25) is 0 Å².